The van der Waals surface area contributed by atoms with Gasteiger partial charge in [-0.2, -0.15) is 0 Å². The van der Waals surface area contributed by atoms with Crippen molar-refractivity contribution in [2.45, 2.75) is 17.4 Å². The first-order chi connectivity index (χ1) is 11.6. The first kappa shape index (κ1) is 20.0. The highest BCUT2D eigenvalue weighted by molar-refractivity contribution is 7.89. The fourth-order valence-corrected chi connectivity index (χ4v) is 4.24. The fourth-order valence-electron chi connectivity index (χ4n) is 1.95. The summed E-state index contributed by atoms with van der Waals surface area (Å²) in [5.41, 5.74) is 0. The summed E-state index contributed by atoms with van der Waals surface area (Å²) >= 11 is 7.04. The van der Waals surface area contributed by atoms with Crippen LogP contribution in [0.1, 0.15) is 11.0 Å². The monoisotopic (exact) mass is 415 g/mol. The second kappa shape index (κ2) is 7.92. The molecule has 11 heteroatoms. The van der Waals surface area contributed by atoms with Crippen LogP contribution in [0.4, 0.5) is 13.2 Å². The summed E-state index contributed by atoms with van der Waals surface area (Å²) in [5, 5.41) is 0. The van der Waals surface area contributed by atoms with Gasteiger partial charge in [-0.25, -0.2) is 13.1 Å². The van der Waals surface area contributed by atoms with Crippen LogP contribution in [0, 0.1) is 0 Å². The molecule has 1 atom stereocenters. The van der Waals surface area contributed by atoms with E-state index in [1.807, 2.05) is 0 Å². The van der Waals surface area contributed by atoms with Crippen LogP contribution in [-0.2, 0) is 14.8 Å². The molecule has 5 nitrogen and oxygen atoms in total. The van der Waals surface area contributed by atoms with Crippen molar-refractivity contribution < 1.29 is 31.1 Å². The molecule has 2 aromatic rings. The minimum atomic E-state index is -5.01. The Morgan fingerprint density at radius 1 is 1.24 bits per heavy atom. The normalized spacial score (nSPS) is 13.6. The first-order valence-electron chi connectivity index (χ1n) is 6.75. The van der Waals surface area contributed by atoms with E-state index in [9.17, 15) is 21.6 Å². The molecule has 0 unspecified atom stereocenters. The molecule has 0 bridgehead atoms. The molecule has 25 heavy (non-hydrogen) atoms. The highest BCUT2D eigenvalue weighted by atomic mass is 35.5. The van der Waals surface area contributed by atoms with Crippen molar-refractivity contribution in [3.8, 4) is 5.75 Å². The quantitative estimate of drug-likeness (QED) is 0.743. The molecule has 1 N–H and O–H groups in total. The predicted octanol–water partition coefficient (Wildman–Crippen LogP) is 3.97. The third-order valence-corrected chi connectivity index (χ3v) is 5.81. The van der Waals surface area contributed by atoms with Gasteiger partial charge in [-0.05, 0) is 24.3 Å². The largest absolute Gasteiger partial charge is 0.573 e. The lowest BCUT2D eigenvalue weighted by molar-refractivity contribution is -0.275. The van der Waals surface area contributed by atoms with Crippen LogP contribution in [-0.4, -0.2) is 28.4 Å². The molecule has 0 saturated carbocycles. The Labute approximate surface area is 151 Å². The SMILES string of the molecule is CO[C@@H](CNS(=O)(=O)c1ccccc1OC(F)(F)F)c1ccc(Cl)s1. The second-order valence-electron chi connectivity index (χ2n) is 4.71. The zero-order valence-corrected chi connectivity index (χ0v) is 15.1. The number of sulfonamides is 1. The zero-order chi connectivity index (χ0) is 18.7. The molecule has 0 fully saturated rings. The summed E-state index contributed by atoms with van der Waals surface area (Å²) in [6.07, 6.45) is -5.64. The van der Waals surface area contributed by atoms with E-state index in [-0.39, 0.29) is 6.54 Å². The molecule has 1 aromatic heterocycles. The van der Waals surface area contributed by atoms with E-state index in [0.29, 0.717) is 9.21 Å². The smallest absolute Gasteiger partial charge is 0.404 e. The number of nitrogens with one attached hydrogen (secondary N) is 1. The number of thiophene rings is 1. The highest BCUT2D eigenvalue weighted by Gasteiger charge is 2.34. The zero-order valence-electron chi connectivity index (χ0n) is 12.7. The van der Waals surface area contributed by atoms with Gasteiger partial charge in [0, 0.05) is 18.5 Å². The number of hydrogen-bond acceptors (Lipinski definition) is 5. The fraction of sp³-hybridized carbons (Fsp3) is 0.286. The van der Waals surface area contributed by atoms with Crippen molar-refractivity contribution >= 4 is 33.0 Å². The average molecular weight is 416 g/mol. The van der Waals surface area contributed by atoms with Crippen LogP contribution >= 0.6 is 22.9 Å². The van der Waals surface area contributed by atoms with Crippen LogP contribution in [0.15, 0.2) is 41.3 Å². The molecule has 2 rings (SSSR count). The van der Waals surface area contributed by atoms with Gasteiger partial charge in [0.15, 0.2) is 0 Å². The van der Waals surface area contributed by atoms with Crippen molar-refractivity contribution in [2.75, 3.05) is 13.7 Å². The first-order valence-corrected chi connectivity index (χ1v) is 9.42. The molecular formula is C14H13ClF3NO4S2. The van der Waals surface area contributed by atoms with E-state index >= 15 is 0 Å². The number of methoxy groups -OCH3 is 1. The van der Waals surface area contributed by atoms with Gasteiger partial charge in [0.25, 0.3) is 0 Å². The third-order valence-electron chi connectivity index (χ3n) is 3.02. The van der Waals surface area contributed by atoms with Gasteiger partial charge >= 0.3 is 6.36 Å². The maximum atomic E-state index is 12.4. The summed E-state index contributed by atoms with van der Waals surface area (Å²) < 4.78 is 73.7. The van der Waals surface area contributed by atoms with E-state index in [2.05, 4.69) is 9.46 Å². The lowest BCUT2D eigenvalue weighted by Gasteiger charge is -2.17. The number of hydrogen-bond donors (Lipinski definition) is 1. The Morgan fingerprint density at radius 2 is 1.92 bits per heavy atom. The van der Waals surface area contributed by atoms with E-state index < -0.39 is 33.1 Å². The number of halogens is 4. The third kappa shape index (κ3) is 5.58. The molecule has 0 radical (unpaired) electrons. The van der Waals surface area contributed by atoms with Crippen molar-refractivity contribution in [1.82, 2.24) is 4.72 Å². The molecule has 0 aliphatic rings. The van der Waals surface area contributed by atoms with Crippen LogP contribution < -0.4 is 9.46 Å². The molecular weight excluding hydrogens is 403 g/mol. The van der Waals surface area contributed by atoms with Crippen molar-refractivity contribution in [1.29, 1.82) is 0 Å². The van der Waals surface area contributed by atoms with E-state index in [0.717, 1.165) is 12.1 Å². The van der Waals surface area contributed by atoms with Crippen LogP contribution in [0.5, 0.6) is 5.75 Å². The maximum absolute atomic E-state index is 12.4. The Balaban J connectivity index is 2.19. The molecule has 0 amide bonds. The van der Waals surface area contributed by atoms with Crippen molar-refractivity contribution in [2.24, 2.45) is 0 Å². The van der Waals surface area contributed by atoms with Gasteiger partial charge in [-0.3, -0.25) is 0 Å². The van der Waals surface area contributed by atoms with Crippen LogP contribution in [0.2, 0.25) is 4.34 Å². The van der Waals surface area contributed by atoms with E-state index in [1.165, 1.54) is 30.6 Å². The Hall–Kier alpha value is -1.33. The number of para-hydroxylation sites is 1. The Kier molecular flexibility index (Phi) is 6.33. The number of ether oxygens (including phenoxy) is 2. The second-order valence-corrected chi connectivity index (χ2v) is 8.19. The summed E-state index contributed by atoms with van der Waals surface area (Å²) in [6.45, 7) is -0.184. The van der Waals surface area contributed by atoms with Gasteiger partial charge in [0.1, 0.15) is 16.7 Å². The van der Waals surface area contributed by atoms with Gasteiger partial charge in [0.2, 0.25) is 10.0 Å². The highest BCUT2D eigenvalue weighted by Crippen LogP contribution is 2.31. The van der Waals surface area contributed by atoms with Crippen molar-refractivity contribution in [3.05, 3.63) is 45.6 Å². The van der Waals surface area contributed by atoms with Gasteiger partial charge in [0.05, 0.1) is 4.34 Å². The lowest BCUT2D eigenvalue weighted by atomic mass is 10.3. The molecule has 1 aromatic carbocycles. The van der Waals surface area contributed by atoms with E-state index in [4.69, 9.17) is 16.3 Å². The molecule has 0 saturated heterocycles. The average Bonchev–Trinajstić information content (AvgIpc) is 2.93. The molecule has 1 heterocycles. The van der Waals surface area contributed by atoms with Gasteiger partial charge in [-0.15, -0.1) is 24.5 Å². The van der Waals surface area contributed by atoms with Gasteiger partial charge < -0.3 is 9.47 Å². The molecule has 138 valence electrons. The van der Waals surface area contributed by atoms with Crippen LogP contribution in [0.3, 0.4) is 0 Å². The Bertz CT molecular complexity index is 823. The lowest BCUT2D eigenvalue weighted by Crippen LogP contribution is -2.30. The minimum absolute atomic E-state index is 0.184. The topological polar surface area (TPSA) is 64.6 Å². The Morgan fingerprint density at radius 3 is 2.48 bits per heavy atom. The molecule has 0 spiro atoms. The van der Waals surface area contributed by atoms with E-state index in [1.54, 1.807) is 12.1 Å². The summed E-state index contributed by atoms with van der Waals surface area (Å²) in [4.78, 5) is 0.0569. The van der Waals surface area contributed by atoms with Crippen molar-refractivity contribution in [3.63, 3.8) is 0 Å². The van der Waals surface area contributed by atoms with Gasteiger partial charge in [-0.1, -0.05) is 23.7 Å². The number of rotatable bonds is 7. The standard InChI is InChI=1S/C14H13ClF3NO4S2/c1-22-10(11-6-7-13(15)24-11)8-19-25(20,21)12-5-3-2-4-9(12)23-14(16,17)18/h2-7,10,19H,8H2,1H3/t10-/m0/s1. The number of benzene rings is 1. The predicted molar refractivity (Wildman–Crippen MR) is 87.4 cm³/mol. The number of alkyl halides is 3. The molecule has 0 aliphatic heterocycles. The van der Waals surface area contributed by atoms with Crippen LogP contribution in [0.25, 0.3) is 0 Å². The summed E-state index contributed by atoms with van der Waals surface area (Å²) in [7, 11) is -2.87. The summed E-state index contributed by atoms with van der Waals surface area (Å²) in [5.74, 6) is -0.810. The molecule has 0 aliphatic carbocycles. The summed E-state index contributed by atoms with van der Waals surface area (Å²) in [6, 6.07) is 7.79. The minimum Gasteiger partial charge on any atom is -0.404 e. The maximum Gasteiger partial charge on any atom is 0.573 e.